The minimum Gasteiger partial charge on any atom is -0.359 e. The Morgan fingerprint density at radius 3 is 3.00 bits per heavy atom. The van der Waals surface area contributed by atoms with Crippen LogP contribution < -0.4 is 5.32 Å². The average Bonchev–Trinajstić information content (AvgIpc) is 2.47. The van der Waals surface area contributed by atoms with Gasteiger partial charge in [0.05, 0.1) is 17.1 Å². The Morgan fingerprint density at radius 2 is 2.54 bits per heavy atom. The maximum absolute atomic E-state index is 11.1. The van der Waals surface area contributed by atoms with Crippen LogP contribution in [0.3, 0.4) is 0 Å². The van der Waals surface area contributed by atoms with E-state index in [4.69, 9.17) is 4.52 Å². The van der Waals surface area contributed by atoms with Crippen molar-refractivity contribution in [2.45, 2.75) is 25.2 Å². The highest BCUT2D eigenvalue weighted by Crippen LogP contribution is 2.02. The van der Waals surface area contributed by atoms with E-state index in [1.165, 1.54) is 0 Å². The fraction of sp³-hybridized carbons (Fsp3) is 0.500. The molecular formula is C8H11BrN2O2. The molecule has 0 fully saturated rings. The lowest BCUT2D eigenvalue weighted by Crippen LogP contribution is -2.28. The van der Waals surface area contributed by atoms with E-state index in [-0.39, 0.29) is 10.7 Å². The maximum Gasteiger partial charge on any atom is 0.233 e. The molecule has 1 heterocycles. The van der Waals surface area contributed by atoms with Crippen LogP contribution in [-0.2, 0) is 11.3 Å². The van der Waals surface area contributed by atoms with Crippen molar-refractivity contribution in [3.8, 4) is 0 Å². The summed E-state index contributed by atoms with van der Waals surface area (Å²) in [5.74, 6) is 0.605. The number of hydrogen-bond donors (Lipinski definition) is 1. The first-order valence-corrected chi connectivity index (χ1v) is 4.85. The number of aromatic nitrogens is 1. The zero-order valence-electron chi connectivity index (χ0n) is 7.50. The molecule has 0 aliphatic carbocycles. The van der Waals surface area contributed by atoms with Crippen LogP contribution in [0.15, 0.2) is 10.6 Å². The highest BCUT2D eigenvalue weighted by Gasteiger charge is 2.08. The van der Waals surface area contributed by atoms with Gasteiger partial charge in [0, 0.05) is 6.07 Å². The third kappa shape index (κ3) is 3.18. The lowest BCUT2D eigenvalue weighted by Gasteiger charge is -2.02. The Bertz CT molecular complexity index is 296. The molecule has 0 aliphatic rings. The molecule has 4 nitrogen and oxygen atoms in total. The minimum absolute atomic E-state index is 0.0611. The Morgan fingerprint density at radius 1 is 1.85 bits per heavy atom. The van der Waals surface area contributed by atoms with Crippen molar-refractivity contribution >= 4 is 21.8 Å². The third-order valence-corrected chi connectivity index (χ3v) is 1.89. The molecule has 1 unspecified atom stereocenters. The van der Waals surface area contributed by atoms with Crippen molar-refractivity contribution in [2.75, 3.05) is 0 Å². The van der Waals surface area contributed by atoms with Gasteiger partial charge in [0.1, 0.15) is 0 Å². The van der Waals surface area contributed by atoms with Crippen molar-refractivity contribution < 1.29 is 9.32 Å². The summed E-state index contributed by atoms with van der Waals surface area (Å²) in [6.45, 7) is 3.98. The third-order valence-electron chi connectivity index (χ3n) is 1.47. The number of hydrogen-bond acceptors (Lipinski definition) is 3. The first-order chi connectivity index (χ1) is 6.09. The van der Waals surface area contributed by atoms with Gasteiger partial charge < -0.3 is 9.84 Å². The number of halogens is 1. The first kappa shape index (κ1) is 10.2. The van der Waals surface area contributed by atoms with Crippen LogP contribution in [0, 0.1) is 6.92 Å². The summed E-state index contributed by atoms with van der Waals surface area (Å²) in [7, 11) is 0. The Kier molecular flexibility index (Phi) is 3.48. The lowest BCUT2D eigenvalue weighted by atomic mass is 10.3. The predicted octanol–water partition coefficient (Wildman–Crippen LogP) is 1.38. The quantitative estimate of drug-likeness (QED) is 0.821. The average molecular weight is 247 g/mol. The second-order valence-corrected chi connectivity index (χ2v) is 4.14. The number of aryl methyl sites for hydroxylation is 1. The fourth-order valence-corrected chi connectivity index (χ4v) is 0.976. The molecule has 1 N–H and O–H groups in total. The Hall–Kier alpha value is -0.840. The molecular weight excluding hydrogens is 236 g/mol. The van der Waals surface area contributed by atoms with Crippen LogP contribution in [0.5, 0.6) is 0 Å². The molecule has 1 aromatic rings. The Balaban J connectivity index is 2.39. The van der Waals surface area contributed by atoms with E-state index in [2.05, 4.69) is 26.4 Å². The van der Waals surface area contributed by atoms with Gasteiger partial charge in [-0.05, 0) is 13.8 Å². The molecule has 13 heavy (non-hydrogen) atoms. The number of nitrogens with zero attached hydrogens (tertiary/aromatic N) is 1. The zero-order valence-corrected chi connectivity index (χ0v) is 9.09. The van der Waals surface area contributed by atoms with Crippen LogP contribution in [0.1, 0.15) is 18.4 Å². The SMILES string of the molecule is Cc1cc(CNC(=O)C(C)Br)on1. The van der Waals surface area contributed by atoms with E-state index in [1.807, 2.05) is 6.92 Å². The zero-order chi connectivity index (χ0) is 9.84. The molecule has 0 aromatic carbocycles. The van der Waals surface area contributed by atoms with Crippen LogP contribution in [-0.4, -0.2) is 15.9 Å². The maximum atomic E-state index is 11.1. The topological polar surface area (TPSA) is 55.1 Å². The van der Waals surface area contributed by atoms with Gasteiger partial charge in [-0.3, -0.25) is 4.79 Å². The van der Waals surface area contributed by atoms with Gasteiger partial charge in [-0.15, -0.1) is 0 Å². The summed E-state index contributed by atoms with van der Waals surface area (Å²) in [6, 6.07) is 1.79. The molecule has 1 amide bonds. The van der Waals surface area contributed by atoms with Gasteiger partial charge in [0.25, 0.3) is 0 Å². The summed E-state index contributed by atoms with van der Waals surface area (Å²) in [4.78, 5) is 10.9. The van der Waals surface area contributed by atoms with E-state index >= 15 is 0 Å². The number of amides is 1. The highest BCUT2D eigenvalue weighted by molar-refractivity contribution is 9.10. The van der Waals surface area contributed by atoms with E-state index in [0.717, 1.165) is 5.69 Å². The minimum atomic E-state index is -0.184. The molecule has 0 aliphatic heterocycles. The molecule has 1 rings (SSSR count). The normalized spacial score (nSPS) is 12.5. The van der Waals surface area contributed by atoms with E-state index in [9.17, 15) is 4.79 Å². The van der Waals surface area contributed by atoms with Crippen molar-refractivity contribution in [3.05, 3.63) is 17.5 Å². The van der Waals surface area contributed by atoms with Crippen molar-refractivity contribution in [1.29, 1.82) is 0 Å². The molecule has 1 atom stereocenters. The van der Waals surface area contributed by atoms with Crippen molar-refractivity contribution in [1.82, 2.24) is 10.5 Å². The van der Waals surface area contributed by atoms with Crippen LogP contribution >= 0.6 is 15.9 Å². The molecule has 0 saturated carbocycles. The second kappa shape index (κ2) is 4.41. The largest absolute Gasteiger partial charge is 0.359 e. The van der Waals surface area contributed by atoms with Crippen molar-refractivity contribution in [3.63, 3.8) is 0 Å². The number of carbonyl (C=O) groups excluding carboxylic acids is 1. The smallest absolute Gasteiger partial charge is 0.233 e. The molecule has 0 saturated heterocycles. The van der Waals surface area contributed by atoms with Crippen molar-refractivity contribution in [2.24, 2.45) is 0 Å². The summed E-state index contributed by atoms with van der Waals surface area (Å²) in [6.07, 6.45) is 0. The van der Waals surface area contributed by atoms with Gasteiger partial charge in [-0.2, -0.15) is 0 Å². The molecule has 72 valence electrons. The fourth-order valence-electron chi connectivity index (χ4n) is 0.814. The summed E-state index contributed by atoms with van der Waals surface area (Å²) in [5.41, 5.74) is 0.816. The van der Waals surface area contributed by atoms with Crippen LogP contribution in [0.2, 0.25) is 0 Å². The van der Waals surface area contributed by atoms with Gasteiger partial charge in [-0.1, -0.05) is 21.1 Å². The summed E-state index contributed by atoms with van der Waals surface area (Å²) in [5, 5.41) is 6.39. The molecule has 0 spiro atoms. The standard InChI is InChI=1S/C8H11BrN2O2/c1-5-3-7(13-11-5)4-10-8(12)6(2)9/h3,6H,4H2,1-2H3,(H,10,12). The number of carbonyl (C=O) groups is 1. The number of alkyl halides is 1. The van der Waals surface area contributed by atoms with Gasteiger partial charge in [-0.25, -0.2) is 0 Å². The first-order valence-electron chi connectivity index (χ1n) is 3.93. The lowest BCUT2D eigenvalue weighted by molar-refractivity contribution is -0.120. The summed E-state index contributed by atoms with van der Waals surface area (Å²) < 4.78 is 4.91. The van der Waals surface area contributed by atoms with Gasteiger partial charge >= 0.3 is 0 Å². The molecule has 0 bridgehead atoms. The molecule has 1 aromatic heterocycles. The van der Waals surface area contributed by atoms with Crippen LogP contribution in [0.25, 0.3) is 0 Å². The monoisotopic (exact) mass is 246 g/mol. The van der Waals surface area contributed by atoms with Gasteiger partial charge in [0.15, 0.2) is 5.76 Å². The summed E-state index contributed by atoms with van der Waals surface area (Å²) >= 11 is 3.16. The van der Waals surface area contributed by atoms with E-state index < -0.39 is 0 Å². The molecule has 5 heteroatoms. The predicted molar refractivity (Wildman–Crippen MR) is 51.5 cm³/mol. The number of nitrogens with one attached hydrogen (secondary N) is 1. The second-order valence-electron chi connectivity index (χ2n) is 2.77. The number of rotatable bonds is 3. The van der Waals surface area contributed by atoms with E-state index in [0.29, 0.717) is 12.3 Å². The Labute approximate surface area is 84.8 Å². The van der Waals surface area contributed by atoms with Gasteiger partial charge in [0.2, 0.25) is 5.91 Å². The molecule has 0 radical (unpaired) electrons. The van der Waals surface area contributed by atoms with E-state index in [1.54, 1.807) is 13.0 Å². The van der Waals surface area contributed by atoms with Crippen LogP contribution in [0.4, 0.5) is 0 Å². The highest BCUT2D eigenvalue weighted by atomic mass is 79.9.